The Morgan fingerprint density at radius 2 is 2.42 bits per heavy atom. The maximum absolute atomic E-state index is 10.0. The maximum atomic E-state index is 10.0. The number of piperidine rings is 1. The zero-order chi connectivity index (χ0) is 13.0. The third-order valence-electron chi connectivity index (χ3n) is 4.31. The first-order valence-electron chi connectivity index (χ1n) is 6.60. The third-order valence-corrected chi connectivity index (χ3v) is 4.31. The monoisotopic (exact) mass is 260 g/mol. The van der Waals surface area contributed by atoms with E-state index in [1.54, 1.807) is 7.11 Å². The van der Waals surface area contributed by atoms with Crippen molar-refractivity contribution in [1.29, 1.82) is 0 Å². The highest BCUT2D eigenvalue weighted by molar-refractivity contribution is 5.76. The summed E-state index contributed by atoms with van der Waals surface area (Å²) in [7, 11) is 1.64. The number of fused-ring (bicyclic) bond motifs is 2. The Balaban J connectivity index is 1.64. The first-order valence-corrected chi connectivity index (χ1v) is 6.60. The van der Waals surface area contributed by atoms with Crippen molar-refractivity contribution < 1.29 is 14.3 Å². The summed E-state index contributed by atoms with van der Waals surface area (Å²) in [4.78, 5) is 6.64. The van der Waals surface area contributed by atoms with Gasteiger partial charge in [0.2, 0.25) is 0 Å². The molecule has 0 amide bonds. The van der Waals surface area contributed by atoms with Crippen molar-refractivity contribution in [1.82, 2.24) is 4.98 Å². The van der Waals surface area contributed by atoms with Crippen LogP contribution in [0.2, 0.25) is 0 Å². The van der Waals surface area contributed by atoms with Gasteiger partial charge < -0.3 is 19.2 Å². The molecule has 2 aliphatic rings. The smallest absolute Gasteiger partial charge is 0.298 e. The number of aromatic nitrogens is 1. The first-order chi connectivity index (χ1) is 9.18. The number of methoxy groups -OCH3 is 1. The molecule has 2 atom stereocenters. The van der Waals surface area contributed by atoms with Gasteiger partial charge in [-0.1, -0.05) is 0 Å². The van der Waals surface area contributed by atoms with Crippen LogP contribution in [0.15, 0.2) is 22.6 Å². The van der Waals surface area contributed by atoms with Crippen LogP contribution in [-0.4, -0.2) is 35.9 Å². The van der Waals surface area contributed by atoms with Crippen LogP contribution in [-0.2, 0) is 0 Å². The summed E-state index contributed by atoms with van der Waals surface area (Å²) in [6.07, 6.45) is 1.72. The van der Waals surface area contributed by atoms with E-state index in [2.05, 4.69) is 9.88 Å². The van der Waals surface area contributed by atoms with Gasteiger partial charge in [-0.05, 0) is 25.0 Å². The van der Waals surface area contributed by atoms with Crippen LogP contribution >= 0.6 is 0 Å². The number of ether oxygens (including phenoxy) is 1. The standard InChI is InChI=1S/C14H16N2O3/c1-18-10-2-3-12-11(6-10)15-13(19-12)16-5-4-14(17)7-9(14)8-16/h2-3,6,9,17H,4-5,7-8H2,1H3/t9-,14+/m0/s1. The Kier molecular flexibility index (Phi) is 2.12. The lowest BCUT2D eigenvalue weighted by Gasteiger charge is -2.27. The molecule has 1 aromatic heterocycles. The van der Waals surface area contributed by atoms with E-state index >= 15 is 0 Å². The van der Waals surface area contributed by atoms with Crippen molar-refractivity contribution in [2.75, 3.05) is 25.1 Å². The van der Waals surface area contributed by atoms with Gasteiger partial charge in [0.1, 0.15) is 11.3 Å². The van der Waals surface area contributed by atoms with Gasteiger partial charge >= 0.3 is 0 Å². The minimum Gasteiger partial charge on any atom is -0.497 e. The maximum Gasteiger partial charge on any atom is 0.298 e. The number of nitrogens with zero attached hydrogens (tertiary/aromatic N) is 2. The second-order valence-corrected chi connectivity index (χ2v) is 5.53. The molecule has 1 aromatic carbocycles. The number of hydrogen-bond acceptors (Lipinski definition) is 5. The number of aliphatic hydroxyl groups is 1. The molecule has 2 aromatic rings. The fraction of sp³-hybridized carbons (Fsp3) is 0.500. The van der Waals surface area contributed by atoms with E-state index in [0.717, 1.165) is 42.8 Å². The Hall–Kier alpha value is -1.75. The molecule has 0 unspecified atom stereocenters. The summed E-state index contributed by atoms with van der Waals surface area (Å²) < 4.78 is 11.0. The quantitative estimate of drug-likeness (QED) is 0.892. The van der Waals surface area contributed by atoms with Crippen molar-refractivity contribution in [2.24, 2.45) is 5.92 Å². The Labute approximate surface area is 110 Å². The summed E-state index contributed by atoms with van der Waals surface area (Å²) in [5.41, 5.74) is 1.18. The molecule has 0 bridgehead atoms. The van der Waals surface area contributed by atoms with Gasteiger partial charge in [0, 0.05) is 25.1 Å². The zero-order valence-electron chi connectivity index (χ0n) is 10.8. The fourth-order valence-corrected chi connectivity index (χ4v) is 2.93. The predicted octanol–water partition coefficient (Wildman–Crippen LogP) is 1.80. The largest absolute Gasteiger partial charge is 0.497 e. The van der Waals surface area contributed by atoms with Crippen LogP contribution < -0.4 is 9.64 Å². The van der Waals surface area contributed by atoms with Crippen molar-refractivity contribution in [3.63, 3.8) is 0 Å². The molecule has 1 N–H and O–H groups in total. The molecule has 1 saturated heterocycles. The molecule has 2 heterocycles. The molecule has 0 spiro atoms. The molecule has 1 aliphatic heterocycles. The zero-order valence-corrected chi connectivity index (χ0v) is 10.8. The van der Waals surface area contributed by atoms with Gasteiger partial charge in [-0.2, -0.15) is 4.98 Å². The summed E-state index contributed by atoms with van der Waals surface area (Å²) in [5, 5.41) is 10.0. The van der Waals surface area contributed by atoms with Crippen molar-refractivity contribution in [2.45, 2.75) is 18.4 Å². The van der Waals surface area contributed by atoms with Crippen LogP contribution in [0.1, 0.15) is 12.8 Å². The van der Waals surface area contributed by atoms with Crippen molar-refractivity contribution in [3.05, 3.63) is 18.2 Å². The predicted molar refractivity (Wildman–Crippen MR) is 70.4 cm³/mol. The Morgan fingerprint density at radius 1 is 1.53 bits per heavy atom. The Bertz CT molecular complexity index is 639. The van der Waals surface area contributed by atoms with Crippen molar-refractivity contribution >= 4 is 17.1 Å². The number of oxazole rings is 1. The minimum absolute atomic E-state index is 0.380. The summed E-state index contributed by atoms with van der Waals surface area (Å²) >= 11 is 0. The number of anilines is 1. The van der Waals surface area contributed by atoms with Gasteiger partial charge in [0.25, 0.3) is 6.01 Å². The summed E-state index contributed by atoms with van der Waals surface area (Å²) in [5.74, 6) is 1.16. The number of benzene rings is 1. The van der Waals surface area contributed by atoms with Gasteiger partial charge in [-0.3, -0.25) is 0 Å². The lowest BCUT2D eigenvalue weighted by Crippen LogP contribution is -2.37. The molecule has 5 heteroatoms. The van der Waals surface area contributed by atoms with Gasteiger partial charge in [0.15, 0.2) is 5.58 Å². The van der Waals surface area contributed by atoms with E-state index in [1.807, 2.05) is 18.2 Å². The molecular formula is C14H16N2O3. The van der Waals surface area contributed by atoms with E-state index in [4.69, 9.17) is 9.15 Å². The second kappa shape index (κ2) is 3.63. The summed E-state index contributed by atoms with van der Waals surface area (Å²) in [6, 6.07) is 6.27. The van der Waals surface area contributed by atoms with Crippen LogP contribution in [0.25, 0.3) is 11.1 Å². The molecule has 1 aliphatic carbocycles. The topological polar surface area (TPSA) is 58.7 Å². The second-order valence-electron chi connectivity index (χ2n) is 5.53. The van der Waals surface area contributed by atoms with E-state index in [9.17, 15) is 5.11 Å². The molecule has 5 nitrogen and oxygen atoms in total. The van der Waals surface area contributed by atoms with E-state index in [-0.39, 0.29) is 0 Å². The summed E-state index contributed by atoms with van der Waals surface area (Å²) in [6.45, 7) is 1.64. The molecular weight excluding hydrogens is 244 g/mol. The molecule has 2 fully saturated rings. The van der Waals surface area contributed by atoms with Gasteiger partial charge in [-0.25, -0.2) is 0 Å². The average molecular weight is 260 g/mol. The number of hydrogen-bond donors (Lipinski definition) is 1. The first kappa shape index (κ1) is 11.1. The third kappa shape index (κ3) is 1.69. The molecule has 100 valence electrons. The minimum atomic E-state index is -0.397. The lowest BCUT2D eigenvalue weighted by atomic mass is 10.1. The normalized spacial score (nSPS) is 29.4. The SMILES string of the molecule is COc1ccc2oc(N3CC[C@@]4(O)C[C@H]4C3)nc2c1. The van der Waals surface area contributed by atoms with Crippen molar-refractivity contribution in [3.8, 4) is 5.75 Å². The highest BCUT2D eigenvalue weighted by Gasteiger charge is 2.56. The van der Waals surface area contributed by atoms with Crippen LogP contribution in [0.4, 0.5) is 6.01 Å². The Morgan fingerprint density at radius 3 is 3.21 bits per heavy atom. The average Bonchev–Trinajstić information content (AvgIpc) is 2.92. The van der Waals surface area contributed by atoms with Crippen LogP contribution in [0, 0.1) is 5.92 Å². The molecule has 19 heavy (non-hydrogen) atoms. The molecule has 1 saturated carbocycles. The highest BCUT2D eigenvalue weighted by Crippen LogP contribution is 2.49. The van der Waals surface area contributed by atoms with E-state index in [0.29, 0.717) is 11.9 Å². The van der Waals surface area contributed by atoms with E-state index in [1.165, 1.54) is 0 Å². The van der Waals surface area contributed by atoms with Crippen LogP contribution in [0.5, 0.6) is 5.75 Å². The van der Waals surface area contributed by atoms with Crippen LogP contribution in [0.3, 0.4) is 0 Å². The van der Waals surface area contributed by atoms with E-state index < -0.39 is 5.60 Å². The fourth-order valence-electron chi connectivity index (χ4n) is 2.93. The lowest BCUT2D eigenvalue weighted by molar-refractivity contribution is 0.113. The van der Waals surface area contributed by atoms with Gasteiger partial charge in [0.05, 0.1) is 12.7 Å². The van der Waals surface area contributed by atoms with Gasteiger partial charge in [-0.15, -0.1) is 0 Å². The number of rotatable bonds is 2. The molecule has 0 radical (unpaired) electrons. The highest BCUT2D eigenvalue weighted by atomic mass is 16.5. The molecule has 4 rings (SSSR count).